The Kier molecular flexibility index (Phi) is 55.3. The molecular formula is C25H58O3. The predicted octanol–water partition coefficient (Wildman–Crippen LogP) is 9.96. The van der Waals surface area contributed by atoms with Crippen molar-refractivity contribution in [1.82, 2.24) is 0 Å². The monoisotopic (exact) mass is 406 g/mol. The molecule has 2 fully saturated rings. The SMILES string of the molecule is CC.CC.CC.CC.CC.CC.O=C(OC1CCCCC1)OC1CCCCC1. The summed E-state index contributed by atoms with van der Waals surface area (Å²) in [6.07, 6.45) is 11.1. The van der Waals surface area contributed by atoms with Crippen molar-refractivity contribution >= 4 is 6.16 Å². The van der Waals surface area contributed by atoms with Gasteiger partial charge in [-0.05, 0) is 51.4 Å². The minimum atomic E-state index is -0.432. The molecule has 2 rings (SSSR count). The van der Waals surface area contributed by atoms with E-state index in [1.54, 1.807) is 0 Å². The second-order valence-corrected chi connectivity index (χ2v) is 5.01. The van der Waals surface area contributed by atoms with E-state index in [4.69, 9.17) is 9.47 Å². The van der Waals surface area contributed by atoms with Gasteiger partial charge < -0.3 is 9.47 Å². The van der Waals surface area contributed by atoms with Gasteiger partial charge in [0.05, 0.1) is 0 Å². The summed E-state index contributed by atoms with van der Waals surface area (Å²) in [7, 11) is 0. The number of ether oxygens (including phenoxy) is 2. The summed E-state index contributed by atoms with van der Waals surface area (Å²) >= 11 is 0. The molecule has 0 atom stereocenters. The van der Waals surface area contributed by atoms with Crippen LogP contribution in [0.3, 0.4) is 0 Å². The fourth-order valence-electron chi connectivity index (χ4n) is 2.67. The van der Waals surface area contributed by atoms with Crippen LogP contribution in [0.5, 0.6) is 0 Å². The minimum absolute atomic E-state index is 0.116. The second kappa shape index (κ2) is 40.8. The molecule has 0 saturated heterocycles. The first-order valence-corrected chi connectivity index (χ1v) is 12.7. The molecular weight excluding hydrogens is 348 g/mol. The second-order valence-electron chi connectivity index (χ2n) is 5.01. The number of carbonyl (C=O) groups is 1. The van der Waals surface area contributed by atoms with Gasteiger partial charge in [0.15, 0.2) is 0 Å². The highest BCUT2D eigenvalue weighted by Gasteiger charge is 2.22. The molecule has 0 aliphatic heterocycles. The van der Waals surface area contributed by atoms with E-state index in [0.29, 0.717) is 0 Å². The maximum atomic E-state index is 11.5. The highest BCUT2D eigenvalue weighted by molar-refractivity contribution is 5.60. The van der Waals surface area contributed by atoms with Crippen LogP contribution in [0.15, 0.2) is 0 Å². The summed E-state index contributed by atoms with van der Waals surface area (Å²) in [5.74, 6) is 0. The number of carbonyl (C=O) groups excluding carboxylic acids is 1. The van der Waals surface area contributed by atoms with E-state index in [9.17, 15) is 4.79 Å². The van der Waals surface area contributed by atoms with E-state index in [2.05, 4.69) is 0 Å². The first kappa shape index (κ1) is 37.9. The predicted molar refractivity (Wildman–Crippen MR) is 129 cm³/mol. The van der Waals surface area contributed by atoms with Crippen LogP contribution in [0.25, 0.3) is 0 Å². The Morgan fingerprint density at radius 3 is 0.893 bits per heavy atom. The third-order valence-electron chi connectivity index (χ3n) is 3.63. The quantitative estimate of drug-likeness (QED) is 0.428. The normalized spacial score (nSPS) is 15.0. The lowest BCUT2D eigenvalue weighted by Crippen LogP contribution is -2.26. The van der Waals surface area contributed by atoms with Crippen molar-refractivity contribution in [2.45, 2.75) is 160 Å². The van der Waals surface area contributed by atoms with Gasteiger partial charge in [0, 0.05) is 0 Å². The van der Waals surface area contributed by atoms with Crippen molar-refractivity contribution in [2.75, 3.05) is 0 Å². The van der Waals surface area contributed by atoms with Crippen LogP contribution in [0.1, 0.15) is 147 Å². The fraction of sp³-hybridized carbons (Fsp3) is 0.960. The van der Waals surface area contributed by atoms with Gasteiger partial charge in [0.2, 0.25) is 0 Å². The van der Waals surface area contributed by atoms with Crippen LogP contribution >= 0.6 is 0 Å². The Balaban J connectivity index is -0.000000126. The molecule has 2 aliphatic rings. The van der Waals surface area contributed by atoms with Crippen molar-refractivity contribution in [2.24, 2.45) is 0 Å². The van der Waals surface area contributed by atoms with Gasteiger partial charge in [-0.2, -0.15) is 0 Å². The van der Waals surface area contributed by atoms with Crippen LogP contribution in [0.4, 0.5) is 4.79 Å². The molecule has 3 nitrogen and oxygen atoms in total. The maximum absolute atomic E-state index is 11.5. The van der Waals surface area contributed by atoms with Gasteiger partial charge >= 0.3 is 6.16 Å². The van der Waals surface area contributed by atoms with E-state index in [-0.39, 0.29) is 12.2 Å². The summed E-state index contributed by atoms with van der Waals surface area (Å²) in [5.41, 5.74) is 0. The molecule has 0 aromatic carbocycles. The van der Waals surface area contributed by atoms with Gasteiger partial charge in [-0.15, -0.1) is 0 Å². The zero-order chi connectivity index (χ0) is 23.2. The Morgan fingerprint density at radius 2 is 0.679 bits per heavy atom. The lowest BCUT2D eigenvalue weighted by Gasteiger charge is -2.25. The fourth-order valence-corrected chi connectivity index (χ4v) is 2.67. The van der Waals surface area contributed by atoms with Crippen LogP contribution in [-0.2, 0) is 9.47 Å². The molecule has 0 aromatic rings. The van der Waals surface area contributed by atoms with Gasteiger partial charge in [-0.25, -0.2) is 4.79 Å². The average molecular weight is 407 g/mol. The lowest BCUT2D eigenvalue weighted by atomic mass is 9.98. The molecule has 2 aliphatic carbocycles. The molecule has 0 bridgehead atoms. The number of hydrogen-bond donors (Lipinski definition) is 0. The third kappa shape index (κ3) is 27.5. The van der Waals surface area contributed by atoms with Crippen molar-refractivity contribution in [3.8, 4) is 0 Å². The summed E-state index contributed by atoms with van der Waals surface area (Å²) in [6.45, 7) is 24.0. The smallest absolute Gasteiger partial charge is 0.431 e. The Morgan fingerprint density at radius 1 is 0.464 bits per heavy atom. The van der Waals surface area contributed by atoms with E-state index < -0.39 is 6.16 Å². The van der Waals surface area contributed by atoms with Gasteiger partial charge in [-0.1, -0.05) is 95.9 Å². The topological polar surface area (TPSA) is 35.5 Å². The highest BCUT2D eigenvalue weighted by atomic mass is 16.7. The van der Waals surface area contributed by atoms with Crippen molar-refractivity contribution in [3.05, 3.63) is 0 Å². The van der Waals surface area contributed by atoms with E-state index >= 15 is 0 Å². The third-order valence-corrected chi connectivity index (χ3v) is 3.63. The standard InChI is InChI=1S/C13H22O3.6C2H6/c14-13(15-11-7-3-1-4-8-11)16-12-9-5-2-6-10-12;6*1-2/h11-12H,1-10H2;6*1-2H3. The Labute approximate surface area is 180 Å². The molecule has 0 radical (unpaired) electrons. The summed E-state index contributed by atoms with van der Waals surface area (Å²) in [6, 6.07) is 0. The largest absolute Gasteiger partial charge is 0.508 e. The van der Waals surface area contributed by atoms with Crippen molar-refractivity contribution < 1.29 is 14.3 Å². The molecule has 0 amide bonds. The molecule has 2 saturated carbocycles. The first-order valence-electron chi connectivity index (χ1n) is 12.7. The van der Waals surface area contributed by atoms with Crippen LogP contribution in [0.2, 0.25) is 0 Å². The summed E-state index contributed by atoms with van der Waals surface area (Å²) in [4.78, 5) is 11.5. The van der Waals surface area contributed by atoms with Gasteiger partial charge in [-0.3, -0.25) is 0 Å². The zero-order valence-corrected chi connectivity index (χ0v) is 22.0. The van der Waals surface area contributed by atoms with Gasteiger partial charge in [0.1, 0.15) is 12.2 Å². The summed E-state index contributed by atoms with van der Waals surface area (Å²) in [5, 5.41) is 0. The maximum Gasteiger partial charge on any atom is 0.508 e. The Hall–Kier alpha value is -0.730. The molecule has 3 heteroatoms. The van der Waals surface area contributed by atoms with Crippen LogP contribution in [-0.4, -0.2) is 18.4 Å². The molecule has 0 N–H and O–H groups in total. The molecule has 0 spiro atoms. The molecule has 0 aromatic heterocycles. The van der Waals surface area contributed by atoms with E-state index in [0.717, 1.165) is 25.7 Å². The molecule has 0 unspecified atom stereocenters. The Bertz CT molecular complexity index is 196. The zero-order valence-electron chi connectivity index (χ0n) is 22.0. The first-order chi connectivity index (χ1) is 13.8. The highest BCUT2D eigenvalue weighted by Crippen LogP contribution is 2.23. The van der Waals surface area contributed by atoms with Crippen molar-refractivity contribution in [3.63, 3.8) is 0 Å². The number of hydrogen-bond acceptors (Lipinski definition) is 3. The average Bonchev–Trinajstić information content (AvgIpc) is 2.83. The van der Waals surface area contributed by atoms with E-state index in [1.165, 1.54) is 38.5 Å². The number of rotatable bonds is 2. The minimum Gasteiger partial charge on any atom is -0.431 e. The van der Waals surface area contributed by atoms with E-state index in [1.807, 2.05) is 83.1 Å². The molecule has 28 heavy (non-hydrogen) atoms. The van der Waals surface area contributed by atoms with Crippen LogP contribution in [0, 0.1) is 0 Å². The van der Waals surface area contributed by atoms with Crippen molar-refractivity contribution in [1.29, 1.82) is 0 Å². The van der Waals surface area contributed by atoms with Gasteiger partial charge in [0.25, 0.3) is 0 Å². The summed E-state index contributed by atoms with van der Waals surface area (Å²) < 4.78 is 10.7. The molecule has 176 valence electrons. The van der Waals surface area contributed by atoms with Crippen LogP contribution < -0.4 is 0 Å². The lowest BCUT2D eigenvalue weighted by molar-refractivity contribution is -0.0189. The molecule has 0 heterocycles.